The van der Waals surface area contributed by atoms with Crippen LogP contribution in [0.3, 0.4) is 0 Å². The van der Waals surface area contributed by atoms with Gasteiger partial charge in [0, 0.05) is 12.3 Å². The van der Waals surface area contributed by atoms with Crippen molar-refractivity contribution in [1.29, 1.82) is 0 Å². The molecule has 92 valence electrons. The van der Waals surface area contributed by atoms with E-state index < -0.39 is 10.8 Å². The second kappa shape index (κ2) is 4.84. The third kappa shape index (κ3) is 2.46. The number of aromatic amines is 1. The molecular formula is C10H7ClN4O3. The molecule has 8 heteroatoms. The molecule has 0 aliphatic heterocycles. The number of amides is 1. The average molecular weight is 267 g/mol. The molecule has 2 heterocycles. The van der Waals surface area contributed by atoms with E-state index in [-0.39, 0.29) is 16.5 Å². The van der Waals surface area contributed by atoms with Gasteiger partial charge in [0.2, 0.25) is 0 Å². The Morgan fingerprint density at radius 1 is 1.56 bits per heavy atom. The fourth-order valence-electron chi connectivity index (χ4n) is 1.29. The van der Waals surface area contributed by atoms with Gasteiger partial charge >= 0.3 is 0 Å². The maximum atomic E-state index is 11.8. The van der Waals surface area contributed by atoms with Crippen molar-refractivity contribution in [2.45, 2.75) is 0 Å². The lowest BCUT2D eigenvalue weighted by Crippen LogP contribution is -2.12. The zero-order chi connectivity index (χ0) is 13.1. The first-order valence-corrected chi connectivity index (χ1v) is 5.20. The average Bonchev–Trinajstić information content (AvgIpc) is 2.81. The molecule has 2 rings (SSSR count). The molecule has 0 radical (unpaired) electrons. The highest BCUT2D eigenvalue weighted by atomic mass is 35.5. The van der Waals surface area contributed by atoms with Crippen LogP contribution in [0.15, 0.2) is 30.6 Å². The zero-order valence-electron chi connectivity index (χ0n) is 8.88. The molecule has 0 saturated carbocycles. The van der Waals surface area contributed by atoms with Crippen molar-refractivity contribution in [1.82, 2.24) is 9.97 Å². The van der Waals surface area contributed by atoms with Crippen LogP contribution in [-0.2, 0) is 0 Å². The number of nitrogens with zero attached hydrogens (tertiary/aromatic N) is 2. The molecule has 7 nitrogen and oxygen atoms in total. The lowest BCUT2D eigenvalue weighted by Gasteiger charge is -2.04. The van der Waals surface area contributed by atoms with Gasteiger partial charge < -0.3 is 10.3 Å². The van der Waals surface area contributed by atoms with Crippen LogP contribution in [0, 0.1) is 10.1 Å². The van der Waals surface area contributed by atoms with Crippen molar-refractivity contribution in [3.05, 3.63) is 51.6 Å². The molecule has 2 aromatic rings. The molecule has 0 aliphatic rings. The number of H-pyrrole nitrogens is 1. The number of carbonyl (C=O) groups is 1. The summed E-state index contributed by atoms with van der Waals surface area (Å²) >= 11 is 5.77. The van der Waals surface area contributed by atoms with Crippen LogP contribution in [0.4, 0.5) is 11.4 Å². The number of anilines is 1. The van der Waals surface area contributed by atoms with Crippen molar-refractivity contribution in [2.75, 3.05) is 5.32 Å². The van der Waals surface area contributed by atoms with E-state index in [1.54, 1.807) is 12.1 Å². The number of nitrogens with one attached hydrogen (secondary N) is 2. The van der Waals surface area contributed by atoms with Gasteiger partial charge in [-0.25, -0.2) is 4.98 Å². The maximum Gasteiger partial charge on any atom is 0.287 e. The smallest absolute Gasteiger partial charge is 0.287 e. The standard InChI is InChI=1S/C10H7ClN4O3/c11-9-7(2-1-3-12-9)14-10(16)8-4-6(5-13-8)15(17)18/h1-5,13H,(H,14,16). The fraction of sp³-hybridized carbons (Fsp3) is 0. The van der Waals surface area contributed by atoms with Crippen LogP contribution in [0.25, 0.3) is 0 Å². The Hall–Kier alpha value is -2.41. The van der Waals surface area contributed by atoms with E-state index in [4.69, 9.17) is 11.6 Å². The van der Waals surface area contributed by atoms with E-state index >= 15 is 0 Å². The van der Waals surface area contributed by atoms with E-state index in [9.17, 15) is 14.9 Å². The number of aromatic nitrogens is 2. The molecule has 1 amide bonds. The lowest BCUT2D eigenvalue weighted by atomic mass is 10.3. The summed E-state index contributed by atoms with van der Waals surface area (Å²) in [6.45, 7) is 0. The highest BCUT2D eigenvalue weighted by Gasteiger charge is 2.15. The Kier molecular flexibility index (Phi) is 3.24. The van der Waals surface area contributed by atoms with Crippen molar-refractivity contribution < 1.29 is 9.72 Å². The van der Waals surface area contributed by atoms with Crippen molar-refractivity contribution >= 4 is 28.9 Å². The van der Waals surface area contributed by atoms with E-state index in [1.165, 1.54) is 6.20 Å². The Bertz CT molecular complexity index is 611. The minimum atomic E-state index is -0.593. The summed E-state index contributed by atoms with van der Waals surface area (Å²) in [5.41, 5.74) is 0.223. The predicted octanol–water partition coefficient (Wildman–Crippen LogP) is 2.22. The van der Waals surface area contributed by atoms with E-state index in [1.807, 2.05) is 0 Å². The van der Waals surface area contributed by atoms with Gasteiger partial charge in [0.15, 0.2) is 5.15 Å². The van der Waals surface area contributed by atoms with Gasteiger partial charge in [0.1, 0.15) is 5.69 Å². The SMILES string of the molecule is O=C(Nc1cccnc1Cl)c1cc([N+](=O)[O-])c[nH]1. The molecule has 0 fully saturated rings. The first kappa shape index (κ1) is 12.1. The first-order valence-electron chi connectivity index (χ1n) is 4.82. The minimum Gasteiger partial charge on any atom is -0.351 e. The molecule has 0 atom stereocenters. The lowest BCUT2D eigenvalue weighted by molar-refractivity contribution is -0.384. The van der Waals surface area contributed by atoms with Gasteiger partial charge in [0.05, 0.1) is 16.8 Å². The van der Waals surface area contributed by atoms with Gasteiger partial charge in [-0.1, -0.05) is 11.6 Å². The molecule has 0 aliphatic carbocycles. The minimum absolute atomic E-state index is 0.0709. The number of hydrogen-bond donors (Lipinski definition) is 2. The van der Waals surface area contributed by atoms with Crippen molar-refractivity contribution in [2.24, 2.45) is 0 Å². The van der Waals surface area contributed by atoms with E-state index in [0.29, 0.717) is 5.69 Å². The van der Waals surface area contributed by atoms with Gasteiger partial charge in [0.25, 0.3) is 11.6 Å². The van der Waals surface area contributed by atoms with Crippen molar-refractivity contribution in [3.8, 4) is 0 Å². The first-order chi connectivity index (χ1) is 8.58. The number of halogens is 1. The van der Waals surface area contributed by atoms with Crippen LogP contribution in [0.1, 0.15) is 10.5 Å². The Balaban J connectivity index is 2.17. The maximum absolute atomic E-state index is 11.8. The molecule has 0 aromatic carbocycles. The van der Waals surface area contributed by atoms with Crippen LogP contribution < -0.4 is 5.32 Å². The molecule has 2 N–H and O–H groups in total. The molecule has 0 unspecified atom stereocenters. The summed E-state index contributed by atoms with van der Waals surface area (Å²) in [6.07, 6.45) is 2.62. The Morgan fingerprint density at radius 3 is 2.94 bits per heavy atom. The van der Waals surface area contributed by atoms with E-state index in [2.05, 4.69) is 15.3 Å². The van der Waals surface area contributed by atoms with Crippen LogP contribution in [-0.4, -0.2) is 20.8 Å². The summed E-state index contributed by atoms with van der Waals surface area (Å²) in [4.78, 5) is 27.9. The van der Waals surface area contributed by atoms with Crippen LogP contribution >= 0.6 is 11.6 Å². The number of carbonyl (C=O) groups excluding carboxylic acids is 1. The summed E-state index contributed by atoms with van der Waals surface area (Å²) in [5, 5.41) is 13.1. The molecule has 0 saturated heterocycles. The highest BCUT2D eigenvalue weighted by Crippen LogP contribution is 2.19. The Labute approximate surface area is 106 Å². The summed E-state index contributed by atoms with van der Waals surface area (Å²) in [7, 11) is 0. The fourth-order valence-corrected chi connectivity index (χ4v) is 1.45. The van der Waals surface area contributed by atoms with Gasteiger partial charge in [-0.05, 0) is 12.1 Å². The monoisotopic (exact) mass is 266 g/mol. The number of nitro groups is 1. The Morgan fingerprint density at radius 2 is 2.33 bits per heavy atom. The quantitative estimate of drug-likeness (QED) is 0.505. The zero-order valence-corrected chi connectivity index (χ0v) is 9.64. The van der Waals surface area contributed by atoms with Crippen molar-refractivity contribution in [3.63, 3.8) is 0 Å². The topological polar surface area (TPSA) is 101 Å². The largest absolute Gasteiger partial charge is 0.351 e. The number of hydrogen-bond acceptors (Lipinski definition) is 4. The normalized spacial score (nSPS) is 10.1. The third-order valence-electron chi connectivity index (χ3n) is 2.13. The molecule has 2 aromatic heterocycles. The molecule has 0 spiro atoms. The summed E-state index contributed by atoms with van der Waals surface area (Å²) < 4.78 is 0. The number of pyridine rings is 1. The summed E-state index contributed by atoms with van der Waals surface area (Å²) in [6, 6.07) is 4.32. The second-order valence-corrected chi connectivity index (χ2v) is 3.68. The molecule has 0 bridgehead atoms. The van der Waals surface area contributed by atoms with Gasteiger partial charge in [-0.3, -0.25) is 14.9 Å². The molecule has 18 heavy (non-hydrogen) atoms. The van der Waals surface area contributed by atoms with Crippen LogP contribution in [0.2, 0.25) is 5.15 Å². The predicted molar refractivity (Wildman–Crippen MR) is 64.6 cm³/mol. The van der Waals surface area contributed by atoms with E-state index in [0.717, 1.165) is 12.3 Å². The number of rotatable bonds is 3. The van der Waals surface area contributed by atoms with Gasteiger partial charge in [-0.15, -0.1) is 0 Å². The third-order valence-corrected chi connectivity index (χ3v) is 2.43. The van der Waals surface area contributed by atoms with Crippen LogP contribution in [0.5, 0.6) is 0 Å². The molecular weight excluding hydrogens is 260 g/mol. The summed E-state index contributed by atoms with van der Waals surface area (Å²) in [5.74, 6) is -0.530. The second-order valence-electron chi connectivity index (χ2n) is 3.32. The van der Waals surface area contributed by atoms with Gasteiger partial charge in [-0.2, -0.15) is 0 Å². The highest BCUT2D eigenvalue weighted by molar-refractivity contribution is 6.32.